The second-order valence-electron chi connectivity index (χ2n) is 6.20. The minimum Gasteiger partial charge on any atom is -0.390 e. The molecule has 0 spiro atoms. The molecule has 30 heavy (non-hydrogen) atoms. The Morgan fingerprint density at radius 3 is 2.33 bits per heavy atom. The summed E-state index contributed by atoms with van der Waals surface area (Å²) in [6.45, 7) is 0.535. The average molecular weight is 420 g/mol. The highest BCUT2D eigenvalue weighted by Gasteiger charge is 2.14. The van der Waals surface area contributed by atoms with Gasteiger partial charge in [-0.15, -0.1) is 11.3 Å². The molecule has 152 valence electrons. The first kappa shape index (κ1) is 20.9. The van der Waals surface area contributed by atoms with Crippen molar-refractivity contribution in [3.05, 3.63) is 82.0 Å². The van der Waals surface area contributed by atoms with Gasteiger partial charge in [-0.2, -0.15) is 0 Å². The molecule has 8 heteroatoms. The summed E-state index contributed by atoms with van der Waals surface area (Å²) in [4.78, 5) is 33.5. The smallest absolute Gasteiger partial charge is 0.265 e. The summed E-state index contributed by atoms with van der Waals surface area (Å²) >= 11 is 1.16. The van der Waals surface area contributed by atoms with E-state index in [0.717, 1.165) is 29.7 Å². The molecule has 1 heterocycles. The van der Waals surface area contributed by atoms with Gasteiger partial charge in [0.1, 0.15) is 6.34 Å². The third-order valence-electron chi connectivity index (χ3n) is 4.08. The van der Waals surface area contributed by atoms with Crippen LogP contribution in [0.5, 0.6) is 0 Å². The van der Waals surface area contributed by atoms with E-state index >= 15 is 0 Å². The van der Waals surface area contributed by atoms with Crippen molar-refractivity contribution in [1.82, 2.24) is 5.32 Å². The molecule has 2 amide bonds. The van der Waals surface area contributed by atoms with E-state index in [2.05, 4.69) is 20.6 Å². The van der Waals surface area contributed by atoms with Gasteiger partial charge in [0, 0.05) is 12.2 Å². The lowest BCUT2D eigenvalue weighted by atomic mass is 10.1. The summed E-state index contributed by atoms with van der Waals surface area (Å²) in [7, 11) is 0. The van der Waals surface area contributed by atoms with E-state index in [1.165, 1.54) is 6.34 Å². The predicted molar refractivity (Wildman–Crippen MR) is 122 cm³/mol. The maximum Gasteiger partial charge on any atom is 0.265 e. The standard InChI is InChI=1S/C22H21N5O2S/c23-14-24-15-26-17-6-8-18(9-7-17)27-22(29)20-11-10-19(30-20)21(28)25-13-12-16-4-2-1-3-5-16/h1-11,14-15H,12-13H2,(H,25,28)(H,27,29)(H2,23,24,26). The van der Waals surface area contributed by atoms with Gasteiger partial charge in [-0.05, 0) is 48.4 Å². The maximum absolute atomic E-state index is 12.4. The highest BCUT2D eigenvalue weighted by Crippen LogP contribution is 2.20. The number of hydrogen-bond donors (Lipinski definition) is 3. The highest BCUT2D eigenvalue weighted by atomic mass is 32.1. The number of nitrogens with one attached hydrogen (secondary N) is 2. The maximum atomic E-state index is 12.4. The number of nitrogens with two attached hydrogens (primary N) is 1. The molecule has 4 N–H and O–H groups in total. The van der Waals surface area contributed by atoms with Crippen molar-refractivity contribution in [1.29, 1.82) is 0 Å². The van der Waals surface area contributed by atoms with Crippen LogP contribution in [0.4, 0.5) is 11.4 Å². The second kappa shape index (κ2) is 10.7. The Morgan fingerprint density at radius 1 is 0.933 bits per heavy atom. The number of benzene rings is 2. The van der Waals surface area contributed by atoms with Crippen LogP contribution in [0.15, 0.2) is 76.7 Å². The summed E-state index contributed by atoms with van der Waals surface area (Å²) in [5.74, 6) is -0.454. The van der Waals surface area contributed by atoms with Crippen LogP contribution in [-0.4, -0.2) is 31.0 Å². The van der Waals surface area contributed by atoms with Gasteiger partial charge in [-0.1, -0.05) is 30.3 Å². The zero-order valence-corrected chi connectivity index (χ0v) is 16.9. The molecule has 1 aromatic heterocycles. The van der Waals surface area contributed by atoms with Gasteiger partial charge in [0.15, 0.2) is 0 Å². The molecule has 3 rings (SSSR count). The zero-order valence-electron chi connectivity index (χ0n) is 16.1. The molecule has 3 aromatic rings. The Hall–Kier alpha value is -3.78. The first-order valence-electron chi connectivity index (χ1n) is 9.25. The van der Waals surface area contributed by atoms with Crippen molar-refractivity contribution < 1.29 is 9.59 Å². The first-order valence-corrected chi connectivity index (χ1v) is 10.1. The molecule has 0 bridgehead atoms. The SMILES string of the molecule is NC=NC=Nc1ccc(NC(=O)c2ccc(C(=O)NCCc3ccccc3)s2)cc1. The fraction of sp³-hybridized carbons (Fsp3) is 0.0909. The Morgan fingerprint density at radius 2 is 1.63 bits per heavy atom. The van der Waals surface area contributed by atoms with Crippen molar-refractivity contribution >= 4 is 47.2 Å². The lowest BCUT2D eigenvalue weighted by molar-refractivity contribution is 0.0957. The first-order chi connectivity index (χ1) is 14.7. The Labute approximate surface area is 178 Å². The topological polar surface area (TPSA) is 109 Å². The number of carbonyl (C=O) groups excluding carboxylic acids is 2. The van der Waals surface area contributed by atoms with Crippen LogP contribution >= 0.6 is 11.3 Å². The fourth-order valence-electron chi connectivity index (χ4n) is 2.60. The molecular formula is C22H21N5O2S. The number of carbonyl (C=O) groups is 2. The number of anilines is 1. The predicted octanol–water partition coefficient (Wildman–Crippen LogP) is 3.62. The molecule has 0 aliphatic rings. The lowest BCUT2D eigenvalue weighted by Gasteiger charge is -2.04. The molecule has 0 aliphatic heterocycles. The highest BCUT2D eigenvalue weighted by molar-refractivity contribution is 7.16. The molecule has 0 fully saturated rings. The summed E-state index contributed by atoms with van der Waals surface area (Å²) in [6, 6.07) is 20.2. The number of hydrogen-bond acceptors (Lipinski definition) is 4. The number of rotatable bonds is 8. The molecule has 0 saturated carbocycles. The molecule has 2 aromatic carbocycles. The van der Waals surface area contributed by atoms with Gasteiger partial charge < -0.3 is 16.4 Å². The van der Waals surface area contributed by atoms with Crippen LogP contribution in [0.1, 0.15) is 24.9 Å². The summed E-state index contributed by atoms with van der Waals surface area (Å²) in [5.41, 5.74) is 7.61. The summed E-state index contributed by atoms with van der Waals surface area (Å²) in [6.07, 6.45) is 3.24. The largest absolute Gasteiger partial charge is 0.390 e. The van der Waals surface area contributed by atoms with Crippen LogP contribution in [-0.2, 0) is 6.42 Å². The van der Waals surface area contributed by atoms with Crippen molar-refractivity contribution in [2.24, 2.45) is 15.7 Å². The van der Waals surface area contributed by atoms with Crippen molar-refractivity contribution in [2.45, 2.75) is 6.42 Å². The number of amides is 2. The van der Waals surface area contributed by atoms with Crippen molar-refractivity contribution in [3.8, 4) is 0 Å². The van der Waals surface area contributed by atoms with E-state index in [1.807, 2.05) is 30.3 Å². The van der Waals surface area contributed by atoms with Gasteiger partial charge in [0.2, 0.25) is 0 Å². The van der Waals surface area contributed by atoms with Crippen LogP contribution in [0.3, 0.4) is 0 Å². The average Bonchev–Trinajstić information content (AvgIpc) is 3.26. The molecule has 0 unspecified atom stereocenters. The van der Waals surface area contributed by atoms with Crippen LogP contribution in [0.25, 0.3) is 0 Å². The lowest BCUT2D eigenvalue weighted by Crippen LogP contribution is -2.24. The zero-order chi connectivity index (χ0) is 21.2. The van der Waals surface area contributed by atoms with Crippen LogP contribution < -0.4 is 16.4 Å². The van der Waals surface area contributed by atoms with Crippen molar-refractivity contribution in [2.75, 3.05) is 11.9 Å². The summed E-state index contributed by atoms with van der Waals surface area (Å²) < 4.78 is 0. The third kappa shape index (κ3) is 6.11. The van der Waals surface area contributed by atoms with Crippen LogP contribution in [0.2, 0.25) is 0 Å². The van der Waals surface area contributed by atoms with E-state index in [1.54, 1.807) is 36.4 Å². The Balaban J connectivity index is 1.52. The van der Waals surface area contributed by atoms with E-state index < -0.39 is 0 Å². The number of thiophene rings is 1. The van der Waals surface area contributed by atoms with Gasteiger partial charge in [-0.25, -0.2) is 9.98 Å². The van der Waals surface area contributed by atoms with E-state index in [-0.39, 0.29) is 11.8 Å². The van der Waals surface area contributed by atoms with E-state index in [9.17, 15) is 9.59 Å². The third-order valence-corrected chi connectivity index (χ3v) is 5.16. The number of aliphatic imine (C=N–C) groups is 2. The minimum absolute atomic E-state index is 0.183. The quantitative estimate of drug-likeness (QED) is 0.383. The van der Waals surface area contributed by atoms with Crippen molar-refractivity contribution in [3.63, 3.8) is 0 Å². The number of nitrogens with zero attached hydrogens (tertiary/aromatic N) is 2. The molecule has 0 atom stereocenters. The normalized spacial score (nSPS) is 11.1. The molecule has 0 radical (unpaired) electrons. The molecule has 7 nitrogen and oxygen atoms in total. The summed E-state index contributed by atoms with van der Waals surface area (Å²) in [5, 5.41) is 5.69. The Kier molecular flexibility index (Phi) is 7.45. The molecule has 0 saturated heterocycles. The van der Waals surface area contributed by atoms with Crippen LogP contribution in [0, 0.1) is 0 Å². The van der Waals surface area contributed by atoms with Gasteiger partial charge >= 0.3 is 0 Å². The van der Waals surface area contributed by atoms with E-state index in [4.69, 9.17) is 5.73 Å². The second-order valence-corrected chi connectivity index (χ2v) is 7.28. The monoisotopic (exact) mass is 419 g/mol. The fourth-order valence-corrected chi connectivity index (χ4v) is 3.41. The molecular weight excluding hydrogens is 398 g/mol. The minimum atomic E-state index is -0.271. The van der Waals surface area contributed by atoms with Gasteiger partial charge in [-0.3, -0.25) is 9.59 Å². The Bertz CT molecular complexity index is 1040. The van der Waals surface area contributed by atoms with Gasteiger partial charge in [0.25, 0.3) is 11.8 Å². The van der Waals surface area contributed by atoms with E-state index in [0.29, 0.717) is 27.7 Å². The molecule has 0 aliphatic carbocycles. The van der Waals surface area contributed by atoms with Gasteiger partial charge in [0.05, 0.1) is 21.8 Å².